The summed E-state index contributed by atoms with van der Waals surface area (Å²) in [6.45, 7) is 8.80. The molecule has 2 aromatic rings. The van der Waals surface area contributed by atoms with Gasteiger partial charge in [0.25, 0.3) is 0 Å². The minimum absolute atomic E-state index is 0.00234. The molecule has 2 aromatic carbocycles. The van der Waals surface area contributed by atoms with Gasteiger partial charge in [-0.1, -0.05) is 70.2 Å². The smallest absolute Gasteiger partial charge is 0.339 e. The topological polar surface area (TPSA) is 93.1 Å². The molecule has 0 aliphatic rings. The van der Waals surface area contributed by atoms with Crippen LogP contribution in [0.25, 0.3) is 12.2 Å². The predicted octanol–water partition coefficient (Wildman–Crippen LogP) is 4.52. The lowest BCUT2D eigenvalue weighted by atomic mass is 9.96. The summed E-state index contributed by atoms with van der Waals surface area (Å²) in [4.78, 5) is 25.7. The van der Waals surface area contributed by atoms with Gasteiger partial charge in [-0.05, 0) is 35.7 Å². The first-order chi connectivity index (χ1) is 15.5. The molecular formula is C27H34O6. The molecule has 0 aliphatic heterocycles. The Kier molecular flexibility index (Phi) is 8.97. The Morgan fingerprint density at radius 3 is 1.91 bits per heavy atom. The fraction of sp³-hybridized carbons (Fsp3) is 0.407. The summed E-state index contributed by atoms with van der Waals surface area (Å²) in [6, 6.07) is 12.8. The Hall–Kier alpha value is -2.96. The molecule has 0 radical (unpaired) electrons. The SMILES string of the molecule is Cc1ccccc1/C=C/c1ccc(C(=O)OCC(C)(C)CO)c(C(=O)OCC(C)(C)CO)c1. The molecule has 0 saturated heterocycles. The molecule has 0 saturated carbocycles. The average Bonchev–Trinajstić information content (AvgIpc) is 2.80. The highest BCUT2D eigenvalue weighted by atomic mass is 16.5. The summed E-state index contributed by atoms with van der Waals surface area (Å²) in [7, 11) is 0. The van der Waals surface area contributed by atoms with Crippen LogP contribution in [0.2, 0.25) is 0 Å². The minimum Gasteiger partial charge on any atom is -0.461 e. The number of aryl methyl sites for hydroxylation is 1. The van der Waals surface area contributed by atoms with Crippen molar-refractivity contribution in [1.82, 2.24) is 0 Å². The van der Waals surface area contributed by atoms with Crippen molar-refractivity contribution in [2.75, 3.05) is 26.4 Å². The van der Waals surface area contributed by atoms with E-state index < -0.39 is 22.8 Å². The maximum absolute atomic E-state index is 12.9. The zero-order valence-corrected chi connectivity index (χ0v) is 20.1. The van der Waals surface area contributed by atoms with Gasteiger partial charge in [-0.25, -0.2) is 9.59 Å². The Labute approximate surface area is 195 Å². The number of carbonyl (C=O) groups is 2. The summed E-state index contributed by atoms with van der Waals surface area (Å²) >= 11 is 0. The second-order valence-corrected chi connectivity index (χ2v) is 9.79. The van der Waals surface area contributed by atoms with E-state index in [1.165, 1.54) is 0 Å². The Balaban J connectivity index is 2.35. The van der Waals surface area contributed by atoms with Crippen LogP contribution in [0, 0.1) is 17.8 Å². The molecule has 33 heavy (non-hydrogen) atoms. The second kappa shape index (κ2) is 11.3. The van der Waals surface area contributed by atoms with Crippen molar-refractivity contribution in [3.05, 3.63) is 70.3 Å². The van der Waals surface area contributed by atoms with Crippen LogP contribution >= 0.6 is 0 Å². The van der Waals surface area contributed by atoms with Gasteiger partial charge >= 0.3 is 11.9 Å². The van der Waals surface area contributed by atoms with Crippen LogP contribution in [0.5, 0.6) is 0 Å². The number of ether oxygens (including phenoxy) is 2. The summed E-state index contributed by atoms with van der Waals surface area (Å²) in [5.41, 5.74) is 1.85. The van der Waals surface area contributed by atoms with E-state index in [0.717, 1.165) is 16.7 Å². The number of esters is 2. The highest BCUT2D eigenvalue weighted by Gasteiger charge is 2.25. The van der Waals surface area contributed by atoms with Crippen LogP contribution in [0.4, 0.5) is 0 Å². The fourth-order valence-corrected chi connectivity index (χ4v) is 2.74. The number of carbonyl (C=O) groups excluding carboxylic acids is 2. The molecule has 0 atom stereocenters. The third-order valence-electron chi connectivity index (χ3n) is 5.17. The standard InChI is InChI=1S/C27H34O6/c1-19-8-6-7-9-21(19)12-10-20-11-13-22(24(30)32-17-26(2,3)15-28)23(14-20)25(31)33-18-27(4,5)16-29/h6-14,28-29H,15-18H2,1-5H3/b12-10+. The third-order valence-corrected chi connectivity index (χ3v) is 5.17. The van der Waals surface area contributed by atoms with E-state index in [1.54, 1.807) is 45.9 Å². The van der Waals surface area contributed by atoms with Gasteiger partial charge in [0.2, 0.25) is 0 Å². The molecule has 0 aliphatic carbocycles. The molecule has 0 aromatic heterocycles. The maximum Gasteiger partial charge on any atom is 0.339 e. The molecule has 0 heterocycles. The van der Waals surface area contributed by atoms with Crippen molar-refractivity contribution in [1.29, 1.82) is 0 Å². The van der Waals surface area contributed by atoms with Crippen LogP contribution < -0.4 is 0 Å². The molecule has 0 bridgehead atoms. The van der Waals surface area contributed by atoms with Gasteiger partial charge in [0.1, 0.15) is 0 Å². The zero-order valence-electron chi connectivity index (χ0n) is 20.1. The highest BCUT2D eigenvalue weighted by Crippen LogP contribution is 2.22. The normalized spacial score (nSPS) is 12.1. The summed E-state index contributed by atoms with van der Waals surface area (Å²) in [5.74, 6) is -1.34. The quantitative estimate of drug-likeness (QED) is 0.405. The first-order valence-corrected chi connectivity index (χ1v) is 10.9. The van der Waals surface area contributed by atoms with Crippen LogP contribution in [0.3, 0.4) is 0 Å². The van der Waals surface area contributed by atoms with Crippen LogP contribution in [-0.4, -0.2) is 48.6 Å². The van der Waals surface area contributed by atoms with E-state index in [2.05, 4.69) is 0 Å². The number of hydrogen-bond acceptors (Lipinski definition) is 6. The Bertz CT molecular complexity index is 1000. The maximum atomic E-state index is 12.9. The van der Waals surface area contributed by atoms with Crippen molar-refractivity contribution >= 4 is 24.1 Å². The fourth-order valence-electron chi connectivity index (χ4n) is 2.74. The summed E-state index contributed by atoms with van der Waals surface area (Å²) in [6.07, 6.45) is 3.80. The molecule has 0 unspecified atom stereocenters. The van der Waals surface area contributed by atoms with E-state index in [1.807, 2.05) is 43.3 Å². The number of aliphatic hydroxyl groups excluding tert-OH is 2. The zero-order chi connectivity index (χ0) is 24.6. The highest BCUT2D eigenvalue weighted by molar-refractivity contribution is 6.03. The molecular weight excluding hydrogens is 420 g/mol. The van der Waals surface area contributed by atoms with Crippen molar-refractivity contribution in [2.45, 2.75) is 34.6 Å². The van der Waals surface area contributed by atoms with Gasteiger partial charge in [0.05, 0.1) is 37.6 Å². The number of aliphatic hydroxyl groups is 2. The average molecular weight is 455 g/mol. The lowest BCUT2D eigenvalue weighted by molar-refractivity contribution is 0.0179. The predicted molar refractivity (Wildman–Crippen MR) is 129 cm³/mol. The third kappa shape index (κ3) is 7.84. The first kappa shape index (κ1) is 26.3. The van der Waals surface area contributed by atoms with Crippen molar-refractivity contribution in [3.8, 4) is 0 Å². The monoisotopic (exact) mass is 454 g/mol. The van der Waals surface area contributed by atoms with E-state index in [0.29, 0.717) is 0 Å². The van der Waals surface area contributed by atoms with E-state index in [9.17, 15) is 19.8 Å². The Morgan fingerprint density at radius 1 is 0.818 bits per heavy atom. The van der Waals surface area contributed by atoms with Crippen LogP contribution in [0.1, 0.15) is 65.1 Å². The van der Waals surface area contributed by atoms with E-state index in [4.69, 9.17) is 9.47 Å². The first-order valence-electron chi connectivity index (χ1n) is 10.9. The van der Waals surface area contributed by atoms with Gasteiger partial charge < -0.3 is 19.7 Å². The van der Waals surface area contributed by atoms with Crippen LogP contribution in [-0.2, 0) is 9.47 Å². The van der Waals surface area contributed by atoms with E-state index in [-0.39, 0.29) is 37.6 Å². The Morgan fingerprint density at radius 2 is 1.36 bits per heavy atom. The molecule has 2 N–H and O–H groups in total. The second-order valence-electron chi connectivity index (χ2n) is 9.79. The minimum atomic E-state index is -0.670. The van der Waals surface area contributed by atoms with Gasteiger partial charge in [0, 0.05) is 10.8 Å². The van der Waals surface area contributed by atoms with Gasteiger partial charge in [-0.15, -0.1) is 0 Å². The molecule has 0 spiro atoms. The van der Waals surface area contributed by atoms with Gasteiger partial charge in [0.15, 0.2) is 0 Å². The van der Waals surface area contributed by atoms with Crippen molar-refractivity contribution < 1.29 is 29.3 Å². The summed E-state index contributed by atoms with van der Waals surface area (Å²) in [5, 5.41) is 18.8. The largest absolute Gasteiger partial charge is 0.461 e. The molecule has 6 nitrogen and oxygen atoms in total. The summed E-state index contributed by atoms with van der Waals surface area (Å²) < 4.78 is 10.8. The molecule has 2 rings (SSSR count). The lowest BCUT2D eigenvalue weighted by Crippen LogP contribution is -2.27. The van der Waals surface area contributed by atoms with Gasteiger partial charge in [-0.3, -0.25) is 0 Å². The van der Waals surface area contributed by atoms with Gasteiger partial charge in [-0.2, -0.15) is 0 Å². The number of hydrogen-bond donors (Lipinski definition) is 2. The molecule has 178 valence electrons. The number of rotatable bonds is 10. The molecule has 0 fully saturated rings. The molecule has 0 amide bonds. The van der Waals surface area contributed by atoms with Crippen LogP contribution in [0.15, 0.2) is 42.5 Å². The lowest BCUT2D eigenvalue weighted by Gasteiger charge is -2.22. The molecule has 6 heteroatoms. The van der Waals surface area contributed by atoms with E-state index >= 15 is 0 Å². The number of benzene rings is 2. The van der Waals surface area contributed by atoms with Crippen molar-refractivity contribution in [3.63, 3.8) is 0 Å². The van der Waals surface area contributed by atoms with Crippen molar-refractivity contribution in [2.24, 2.45) is 10.8 Å².